The van der Waals surface area contributed by atoms with E-state index in [0.29, 0.717) is 31.2 Å². The summed E-state index contributed by atoms with van der Waals surface area (Å²) in [5.41, 5.74) is 3.16. The number of thioether (sulfide) groups is 1. The number of carbonyl (C=O) groups is 2. The van der Waals surface area contributed by atoms with Crippen LogP contribution < -0.4 is 5.32 Å². The van der Waals surface area contributed by atoms with Gasteiger partial charge in [0.25, 0.3) is 0 Å². The summed E-state index contributed by atoms with van der Waals surface area (Å²) in [4.78, 5) is 28.9. The first kappa shape index (κ1) is 28.5. The highest BCUT2D eigenvalue weighted by molar-refractivity contribution is 9.10. The molecular formula is C29H32Br2N2O2S. The first-order chi connectivity index (χ1) is 17.3. The van der Waals surface area contributed by atoms with Crippen molar-refractivity contribution < 1.29 is 9.59 Å². The maximum absolute atomic E-state index is 13.7. The Morgan fingerprint density at radius 1 is 0.861 bits per heavy atom. The second-order valence-corrected chi connectivity index (χ2v) is 11.9. The monoisotopic (exact) mass is 630 g/mol. The Balaban J connectivity index is 1.83. The van der Waals surface area contributed by atoms with Crippen molar-refractivity contribution in [1.82, 2.24) is 10.2 Å². The maximum atomic E-state index is 13.7. The molecule has 7 heteroatoms. The third-order valence-corrected chi connectivity index (χ3v) is 7.62. The van der Waals surface area contributed by atoms with Gasteiger partial charge in [-0.2, -0.15) is 0 Å². The van der Waals surface area contributed by atoms with Gasteiger partial charge in [0.1, 0.15) is 6.04 Å². The highest BCUT2D eigenvalue weighted by Gasteiger charge is 2.30. The molecule has 0 spiro atoms. The van der Waals surface area contributed by atoms with Crippen molar-refractivity contribution in [2.75, 3.05) is 12.3 Å². The number of nitrogens with zero attached hydrogens (tertiary/aromatic N) is 1. The zero-order valence-corrected chi connectivity index (χ0v) is 24.6. The molecule has 1 N–H and O–H groups in total. The van der Waals surface area contributed by atoms with E-state index in [4.69, 9.17) is 0 Å². The van der Waals surface area contributed by atoms with E-state index < -0.39 is 6.04 Å². The molecular weight excluding hydrogens is 600 g/mol. The molecule has 0 aliphatic carbocycles. The lowest BCUT2D eigenvalue weighted by Gasteiger charge is -2.32. The molecule has 0 aromatic heterocycles. The smallest absolute Gasteiger partial charge is 0.243 e. The van der Waals surface area contributed by atoms with Gasteiger partial charge in [-0.1, -0.05) is 100 Å². The highest BCUT2D eigenvalue weighted by atomic mass is 79.9. The minimum absolute atomic E-state index is 0.0438. The van der Waals surface area contributed by atoms with Crippen LogP contribution in [0.1, 0.15) is 30.5 Å². The van der Waals surface area contributed by atoms with Crippen LogP contribution in [0.2, 0.25) is 0 Å². The molecule has 4 nitrogen and oxygen atoms in total. The summed E-state index contributed by atoms with van der Waals surface area (Å²) >= 11 is 8.56. The molecule has 0 fully saturated rings. The van der Waals surface area contributed by atoms with Gasteiger partial charge in [0.2, 0.25) is 11.8 Å². The topological polar surface area (TPSA) is 49.4 Å². The Hall–Kier alpha value is -2.09. The Kier molecular flexibility index (Phi) is 11.5. The molecule has 3 rings (SSSR count). The van der Waals surface area contributed by atoms with Gasteiger partial charge < -0.3 is 10.2 Å². The van der Waals surface area contributed by atoms with E-state index in [1.807, 2.05) is 66.7 Å². The normalized spacial score (nSPS) is 11.8. The van der Waals surface area contributed by atoms with Crippen LogP contribution in [0.15, 0.2) is 87.8 Å². The van der Waals surface area contributed by atoms with E-state index >= 15 is 0 Å². The zero-order valence-electron chi connectivity index (χ0n) is 20.6. The molecule has 0 saturated heterocycles. The van der Waals surface area contributed by atoms with Crippen molar-refractivity contribution in [2.45, 2.75) is 38.6 Å². The number of rotatable bonds is 12. The van der Waals surface area contributed by atoms with E-state index in [-0.39, 0.29) is 11.8 Å². The van der Waals surface area contributed by atoms with Crippen LogP contribution in [0.25, 0.3) is 0 Å². The molecule has 0 aliphatic rings. The van der Waals surface area contributed by atoms with E-state index in [2.05, 4.69) is 63.2 Å². The van der Waals surface area contributed by atoms with Crippen molar-refractivity contribution in [3.05, 3.63) is 104 Å². The molecule has 0 aliphatic heterocycles. The van der Waals surface area contributed by atoms with Crippen LogP contribution in [0, 0.1) is 5.92 Å². The summed E-state index contributed by atoms with van der Waals surface area (Å²) in [5, 5.41) is 3.07. The summed E-state index contributed by atoms with van der Waals surface area (Å²) in [5.74, 6) is 1.19. The average molecular weight is 632 g/mol. The fourth-order valence-corrected chi connectivity index (χ4v) is 5.31. The Bertz CT molecular complexity index is 1120. The van der Waals surface area contributed by atoms with E-state index in [9.17, 15) is 9.59 Å². The molecule has 0 radical (unpaired) electrons. The van der Waals surface area contributed by atoms with Gasteiger partial charge in [-0.3, -0.25) is 9.59 Å². The molecule has 0 saturated carbocycles. The van der Waals surface area contributed by atoms with Crippen LogP contribution in [-0.2, 0) is 28.3 Å². The molecule has 3 aromatic rings. The Labute approximate surface area is 235 Å². The van der Waals surface area contributed by atoms with Crippen molar-refractivity contribution in [3.8, 4) is 0 Å². The van der Waals surface area contributed by atoms with Crippen LogP contribution in [-0.4, -0.2) is 35.1 Å². The Morgan fingerprint density at radius 2 is 1.56 bits per heavy atom. The van der Waals surface area contributed by atoms with Crippen LogP contribution in [0.4, 0.5) is 0 Å². The van der Waals surface area contributed by atoms with Crippen molar-refractivity contribution >= 4 is 55.4 Å². The molecule has 1 unspecified atom stereocenters. The largest absolute Gasteiger partial charge is 0.354 e. The number of carbonyl (C=O) groups excluding carboxylic acids is 2. The van der Waals surface area contributed by atoms with Gasteiger partial charge in [-0.15, -0.1) is 11.8 Å². The van der Waals surface area contributed by atoms with E-state index in [1.54, 1.807) is 16.7 Å². The van der Waals surface area contributed by atoms with Crippen LogP contribution in [0.3, 0.4) is 0 Å². The molecule has 3 aromatic carbocycles. The van der Waals surface area contributed by atoms with E-state index in [0.717, 1.165) is 31.4 Å². The number of hydrogen-bond donors (Lipinski definition) is 1. The van der Waals surface area contributed by atoms with Gasteiger partial charge >= 0.3 is 0 Å². The third-order valence-electron chi connectivity index (χ3n) is 5.61. The van der Waals surface area contributed by atoms with Gasteiger partial charge in [-0.25, -0.2) is 0 Å². The minimum atomic E-state index is -0.606. The summed E-state index contributed by atoms with van der Waals surface area (Å²) in [6, 6.07) is 25.3. The molecule has 2 amide bonds. The highest BCUT2D eigenvalue weighted by Crippen LogP contribution is 2.21. The summed E-state index contributed by atoms with van der Waals surface area (Å²) in [7, 11) is 0. The van der Waals surface area contributed by atoms with Gasteiger partial charge in [-0.05, 0) is 46.9 Å². The zero-order chi connectivity index (χ0) is 25.9. The first-order valence-corrected chi connectivity index (χ1v) is 14.7. The van der Waals surface area contributed by atoms with Crippen LogP contribution >= 0.6 is 43.6 Å². The molecule has 0 bridgehead atoms. The second-order valence-electron chi connectivity index (χ2n) is 9.12. The standard InChI is InChI=1S/C29H32Br2N2O2S/c1-21(2)17-32-29(35)27(16-22-7-4-3-5-8-22)33(18-24-9-6-10-26(31)15-24)28(34)20-36-19-23-11-13-25(30)14-12-23/h3-15,21,27H,16-20H2,1-2H3,(H,32,35). The minimum Gasteiger partial charge on any atom is -0.354 e. The number of benzene rings is 3. The fraction of sp³-hybridized carbons (Fsp3) is 0.310. The van der Waals surface area contributed by atoms with Gasteiger partial charge in [0, 0.05) is 34.2 Å². The average Bonchev–Trinajstić information content (AvgIpc) is 2.86. The number of nitrogens with one attached hydrogen (secondary N) is 1. The second kappa shape index (κ2) is 14.6. The number of amides is 2. The van der Waals surface area contributed by atoms with Crippen LogP contribution in [0.5, 0.6) is 0 Å². The molecule has 0 heterocycles. The van der Waals surface area contributed by atoms with Crippen molar-refractivity contribution in [3.63, 3.8) is 0 Å². The lowest BCUT2D eigenvalue weighted by atomic mass is 10.0. The van der Waals surface area contributed by atoms with Crippen molar-refractivity contribution in [2.24, 2.45) is 5.92 Å². The maximum Gasteiger partial charge on any atom is 0.243 e. The van der Waals surface area contributed by atoms with E-state index in [1.165, 1.54) is 0 Å². The Morgan fingerprint density at radius 3 is 2.22 bits per heavy atom. The lowest BCUT2D eigenvalue weighted by Crippen LogP contribution is -2.51. The van der Waals surface area contributed by atoms with Gasteiger partial charge in [0.05, 0.1) is 5.75 Å². The SMILES string of the molecule is CC(C)CNC(=O)C(Cc1ccccc1)N(Cc1cccc(Br)c1)C(=O)CSCc1ccc(Br)cc1. The predicted molar refractivity (Wildman–Crippen MR) is 157 cm³/mol. The third kappa shape index (κ3) is 9.41. The summed E-state index contributed by atoms with van der Waals surface area (Å²) in [6.07, 6.45) is 0.460. The fourth-order valence-electron chi connectivity index (χ4n) is 3.73. The quantitative estimate of drug-likeness (QED) is 0.238. The molecule has 36 heavy (non-hydrogen) atoms. The lowest BCUT2D eigenvalue weighted by molar-refractivity contribution is -0.139. The first-order valence-electron chi connectivity index (χ1n) is 12.0. The van der Waals surface area contributed by atoms with Gasteiger partial charge in [0.15, 0.2) is 0 Å². The summed E-state index contributed by atoms with van der Waals surface area (Å²) < 4.78 is 1.98. The molecule has 190 valence electrons. The predicted octanol–water partition coefficient (Wildman–Crippen LogP) is 6.86. The summed E-state index contributed by atoms with van der Waals surface area (Å²) in [6.45, 7) is 5.07. The molecule has 1 atom stereocenters. The number of hydrogen-bond acceptors (Lipinski definition) is 3. The van der Waals surface area contributed by atoms with Crippen molar-refractivity contribution in [1.29, 1.82) is 0 Å². The number of halogens is 2.